The van der Waals surface area contributed by atoms with Gasteiger partial charge in [-0.25, -0.2) is 0 Å². The number of ketones is 2. The van der Waals surface area contributed by atoms with Gasteiger partial charge in [0.15, 0.2) is 5.78 Å². The number of hydrogen-bond donors (Lipinski definition) is 0. The van der Waals surface area contributed by atoms with E-state index in [0.717, 1.165) is 11.1 Å². The Morgan fingerprint density at radius 3 is 1.76 bits per heavy atom. The van der Waals surface area contributed by atoms with Gasteiger partial charge in [0, 0.05) is 12.3 Å². The minimum atomic E-state index is -0.532. The van der Waals surface area contributed by atoms with E-state index in [2.05, 4.69) is 0 Å². The summed E-state index contributed by atoms with van der Waals surface area (Å²) < 4.78 is 0. The third kappa shape index (κ3) is 4.02. The zero-order valence-electron chi connectivity index (χ0n) is 11.7. The molecule has 2 aromatic rings. The number of alkyl halides is 1. The summed E-state index contributed by atoms with van der Waals surface area (Å²) in [5.74, 6) is -0.860. The molecule has 0 heterocycles. The Bertz CT molecular complexity index is 554. The van der Waals surface area contributed by atoms with Crippen molar-refractivity contribution in [2.75, 3.05) is 5.88 Å². The molecule has 0 N–H and O–H groups in total. The average molecular weight is 301 g/mol. The van der Waals surface area contributed by atoms with Crippen LogP contribution in [-0.2, 0) is 9.59 Å². The van der Waals surface area contributed by atoms with E-state index >= 15 is 0 Å². The van der Waals surface area contributed by atoms with Gasteiger partial charge in [0.25, 0.3) is 0 Å². The molecule has 3 heteroatoms. The van der Waals surface area contributed by atoms with Crippen molar-refractivity contribution in [3.05, 3.63) is 71.8 Å². The normalized spacial score (nSPS) is 10.6. The summed E-state index contributed by atoms with van der Waals surface area (Å²) in [6, 6.07) is 18.8. The molecular formula is C18H17ClO2. The van der Waals surface area contributed by atoms with Crippen molar-refractivity contribution in [1.82, 2.24) is 0 Å². The highest BCUT2D eigenvalue weighted by Crippen LogP contribution is 2.26. The van der Waals surface area contributed by atoms with Crippen LogP contribution < -0.4 is 0 Å². The van der Waals surface area contributed by atoms with Gasteiger partial charge < -0.3 is 0 Å². The fraction of sp³-hybridized carbons (Fsp3) is 0.222. The van der Waals surface area contributed by atoms with Gasteiger partial charge in [0.05, 0.1) is 5.92 Å². The Morgan fingerprint density at radius 2 is 1.33 bits per heavy atom. The van der Waals surface area contributed by atoms with Crippen LogP contribution in [0.5, 0.6) is 0 Å². The summed E-state index contributed by atoms with van der Waals surface area (Å²) in [5.41, 5.74) is 1.68. The molecule has 0 spiro atoms. The molecule has 0 aliphatic heterocycles. The maximum Gasteiger partial charge on any atom is 0.210 e. The molecule has 2 nitrogen and oxygen atoms in total. The van der Waals surface area contributed by atoms with E-state index in [1.54, 1.807) is 0 Å². The number of rotatable bonds is 7. The van der Waals surface area contributed by atoms with Gasteiger partial charge in [-0.15, -0.1) is 11.6 Å². The third-order valence-corrected chi connectivity index (χ3v) is 3.61. The molecule has 0 saturated carbocycles. The van der Waals surface area contributed by atoms with Crippen LogP contribution in [0.2, 0.25) is 0 Å². The summed E-state index contributed by atoms with van der Waals surface area (Å²) in [5, 5.41) is 0. The molecule has 0 radical (unpaired) electrons. The van der Waals surface area contributed by atoms with Crippen molar-refractivity contribution < 1.29 is 9.59 Å². The lowest BCUT2D eigenvalue weighted by atomic mass is 9.85. The SMILES string of the molecule is O=C(CCCCl)C(=O)C(c1ccccc1)c1ccccc1. The van der Waals surface area contributed by atoms with Gasteiger partial charge in [0.1, 0.15) is 0 Å². The summed E-state index contributed by atoms with van der Waals surface area (Å²) in [7, 11) is 0. The Morgan fingerprint density at radius 1 is 0.857 bits per heavy atom. The third-order valence-electron chi connectivity index (χ3n) is 3.34. The highest BCUT2D eigenvalue weighted by Gasteiger charge is 2.27. The fourth-order valence-electron chi connectivity index (χ4n) is 2.30. The first kappa shape index (κ1) is 15.5. The Balaban J connectivity index is 2.33. The number of carbonyl (C=O) groups excluding carboxylic acids is 2. The van der Waals surface area contributed by atoms with Crippen molar-refractivity contribution in [2.45, 2.75) is 18.8 Å². The molecule has 0 fully saturated rings. The number of hydrogen-bond acceptors (Lipinski definition) is 2. The van der Waals surface area contributed by atoms with Crippen LogP contribution in [0, 0.1) is 0 Å². The topological polar surface area (TPSA) is 34.1 Å². The number of Topliss-reactive ketones (excluding diaryl/α,β-unsaturated/α-hetero) is 2. The van der Waals surface area contributed by atoms with E-state index in [4.69, 9.17) is 11.6 Å². The van der Waals surface area contributed by atoms with Gasteiger partial charge in [-0.05, 0) is 17.5 Å². The average Bonchev–Trinajstić information content (AvgIpc) is 2.54. The molecule has 0 bridgehead atoms. The molecule has 0 aliphatic rings. The van der Waals surface area contributed by atoms with Crippen molar-refractivity contribution in [1.29, 1.82) is 0 Å². The number of carbonyl (C=O) groups is 2. The second-order valence-corrected chi connectivity index (χ2v) is 5.21. The van der Waals surface area contributed by atoms with Crippen LogP contribution in [0.15, 0.2) is 60.7 Å². The van der Waals surface area contributed by atoms with Gasteiger partial charge in [0.2, 0.25) is 5.78 Å². The van der Waals surface area contributed by atoms with Crippen LogP contribution in [-0.4, -0.2) is 17.4 Å². The maximum atomic E-state index is 12.6. The largest absolute Gasteiger partial charge is 0.291 e. The summed E-state index contributed by atoms with van der Waals surface area (Å²) in [6.07, 6.45) is 0.737. The van der Waals surface area contributed by atoms with Gasteiger partial charge >= 0.3 is 0 Å². The maximum absolute atomic E-state index is 12.6. The Kier molecular flexibility index (Phi) is 5.70. The summed E-state index contributed by atoms with van der Waals surface area (Å²) >= 11 is 5.60. The van der Waals surface area contributed by atoms with E-state index in [9.17, 15) is 9.59 Å². The highest BCUT2D eigenvalue weighted by atomic mass is 35.5. The van der Waals surface area contributed by atoms with E-state index in [1.807, 2.05) is 60.7 Å². The first-order valence-electron chi connectivity index (χ1n) is 6.97. The molecule has 108 valence electrons. The van der Waals surface area contributed by atoms with Crippen LogP contribution in [0.3, 0.4) is 0 Å². The molecule has 2 aromatic carbocycles. The lowest BCUT2D eigenvalue weighted by Gasteiger charge is -2.16. The van der Waals surface area contributed by atoms with Gasteiger partial charge in [-0.3, -0.25) is 9.59 Å². The summed E-state index contributed by atoms with van der Waals surface area (Å²) in [6.45, 7) is 0. The first-order chi connectivity index (χ1) is 10.2. The van der Waals surface area contributed by atoms with Crippen LogP contribution >= 0.6 is 11.6 Å². The van der Waals surface area contributed by atoms with E-state index < -0.39 is 5.92 Å². The molecule has 0 amide bonds. The molecular weight excluding hydrogens is 284 g/mol. The fourth-order valence-corrected chi connectivity index (χ4v) is 2.43. The van der Waals surface area contributed by atoms with Crippen molar-refractivity contribution in [3.63, 3.8) is 0 Å². The Labute approximate surface area is 129 Å². The monoisotopic (exact) mass is 300 g/mol. The van der Waals surface area contributed by atoms with Crippen molar-refractivity contribution >= 4 is 23.2 Å². The van der Waals surface area contributed by atoms with Gasteiger partial charge in [-0.1, -0.05) is 60.7 Å². The van der Waals surface area contributed by atoms with Crippen LogP contribution in [0.1, 0.15) is 29.9 Å². The quantitative estimate of drug-likeness (QED) is 0.572. The Hall–Kier alpha value is -1.93. The van der Waals surface area contributed by atoms with Crippen molar-refractivity contribution in [2.24, 2.45) is 0 Å². The lowest BCUT2D eigenvalue weighted by Crippen LogP contribution is -2.23. The number of halogens is 1. The number of benzene rings is 2. The van der Waals surface area contributed by atoms with E-state index in [1.165, 1.54) is 0 Å². The van der Waals surface area contributed by atoms with Gasteiger partial charge in [-0.2, -0.15) is 0 Å². The molecule has 0 saturated heterocycles. The minimum Gasteiger partial charge on any atom is -0.291 e. The summed E-state index contributed by atoms with van der Waals surface area (Å²) in [4.78, 5) is 24.6. The predicted octanol–water partition coefficient (Wildman–Crippen LogP) is 3.98. The minimum absolute atomic E-state index is 0.207. The zero-order chi connectivity index (χ0) is 15.1. The standard InChI is InChI=1S/C18H17ClO2/c19-13-7-12-16(20)18(21)17(14-8-3-1-4-9-14)15-10-5-2-6-11-15/h1-6,8-11,17H,7,12-13H2. The van der Waals surface area contributed by atoms with Crippen LogP contribution in [0.25, 0.3) is 0 Å². The molecule has 2 rings (SSSR count). The van der Waals surface area contributed by atoms with E-state index in [-0.39, 0.29) is 18.0 Å². The molecule has 0 atom stereocenters. The zero-order valence-corrected chi connectivity index (χ0v) is 12.4. The predicted molar refractivity (Wildman–Crippen MR) is 84.7 cm³/mol. The molecule has 0 aromatic heterocycles. The molecule has 21 heavy (non-hydrogen) atoms. The highest BCUT2D eigenvalue weighted by molar-refractivity contribution is 6.40. The second-order valence-electron chi connectivity index (χ2n) is 4.83. The van der Waals surface area contributed by atoms with Crippen molar-refractivity contribution in [3.8, 4) is 0 Å². The van der Waals surface area contributed by atoms with Crippen LogP contribution in [0.4, 0.5) is 0 Å². The van der Waals surface area contributed by atoms with E-state index in [0.29, 0.717) is 12.3 Å². The first-order valence-corrected chi connectivity index (χ1v) is 7.50. The lowest BCUT2D eigenvalue weighted by molar-refractivity contribution is -0.137. The second kappa shape index (κ2) is 7.75. The smallest absolute Gasteiger partial charge is 0.210 e. The molecule has 0 aliphatic carbocycles. The molecule has 0 unspecified atom stereocenters.